The molecule has 0 heterocycles. The Kier molecular flexibility index (Phi) is 29.4. The first-order chi connectivity index (χ1) is 17.8. The van der Waals surface area contributed by atoms with Gasteiger partial charge in [0.2, 0.25) is 0 Å². The second-order valence-electron chi connectivity index (χ2n) is 6.10. The molecule has 8 heteroatoms. The number of aliphatic hydroxyl groups is 1. The zero-order chi connectivity index (χ0) is 29.3. The summed E-state index contributed by atoms with van der Waals surface area (Å²) in [6.07, 6.45) is 0.715. The smallest absolute Gasteiger partial charge is 0.261 e. The van der Waals surface area contributed by atoms with Gasteiger partial charge < -0.3 is 10.8 Å². The Bertz CT molecular complexity index is 1160. The van der Waals surface area contributed by atoms with Gasteiger partial charge in [-0.1, -0.05) is 122 Å². The van der Waals surface area contributed by atoms with E-state index in [1.807, 2.05) is 77.9 Å². The molecule has 4 aromatic rings. The van der Waals surface area contributed by atoms with Crippen molar-refractivity contribution >= 4 is 43.0 Å². The molecule has 0 bridgehead atoms. The van der Waals surface area contributed by atoms with Gasteiger partial charge in [-0.3, -0.25) is 4.55 Å². The second-order valence-corrected chi connectivity index (χ2v) is 7.57. The Morgan fingerprint density at radius 2 is 0.974 bits per heavy atom. The Hall–Kier alpha value is -3.33. The Labute approximate surface area is 231 Å². The summed E-state index contributed by atoms with van der Waals surface area (Å²) in [7, 11) is -1.01. The van der Waals surface area contributed by atoms with Crippen molar-refractivity contribution in [2.75, 3.05) is 26.1 Å². The van der Waals surface area contributed by atoms with Gasteiger partial charge in [-0.25, -0.2) is 0 Å². The van der Waals surface area contributed by atoms with Gasteiger partial charge in [0, 0.05) is 30.6 Å². The molecule has 214 valence electrons. The highest BCUT2D eigenvalue weighted by Crippen LogP contribution is 2.30. The predicted molar refractivity (Wildman–Crippen MR) is 169 cm³/mol. The van der Waals surface area contributed by atoms with Crippen LogP contribution in [0.15, 0.2) is 95.2 Å². The summed E-state index contributed by atoms with van der Waals surface area (Å²) in [5.41, 5.74) is 7.48. The second kappa shape index (κ2) is 26.7. The SMILES string of the molecule is C.CC.CC.CC.CN=Nc1ccc(N)c2ccccc12.CO.CS(=O)(=O)O.c1ccc2ccccc2c1. The van der Waals surface area contributed by atoms with Crippen LogP contribution in [0, 0.1) is 0 Å². The molecule has 0 unspecified atom stereocenters. The van der Waals surface area contributed by atoms with Crippen molar-refractivity contribution in [3.05, 3.63) is 84.9 Å². The molecule has 0 fully saturated rings. The number of rotatable bonds is 1. The Balaban J connectivity index is -0.000000213. The van der Waals surface area contributed by atoms with E-state index in [4.69, 9.17) is 15.4 Å². The van der Waals surface area contributed by atoms with Crippen molar-refractivity contribution in [2.24, 2.45) is 10.2 Å². The van der Waals surface area contributed by atoms with E-state index in [0.29, 0.717) is 6.26 Å². The summed E-state index contributed by atoms with van der Waals surface area (Å²) in [5.74, 6) is 0. The van der Waals surface area contributed by atoms with Crippen LogP contribution in [0.25, 0.3) is 21.5 Å². The topological polar surface area (TPSA) is 125 Å². The van der Waals surface area contributed by atoms with Crippen LogP contribution in [0.1, 0.15) is 49.0 Å². The van der Waals surface area contributed by atoms with E-state index in [-0.39, 0.29) is 7.43 Å². The maximum absolute atomic E-state index is 9.19. The van der Waals surface area contributed by atoms with Gasteiger partial charge in [0.1, 0.15) is 0 Å². The normalized spacial score (nSPS) is 8.92. The lowest BCUT2D eigenvalue weighted by Crippen LogP contribution is -1.88. The molecule has 0 saturated heterocycles. The number of nitrogens with two attached hydrogens (primary N) is 1. The molecule has 0 aliphatic rings. The molecular formula is C30H49N3O4S. The van der Waals surface area contributed by atoms with Crippen molar-refractivity contribution in [3.8, 4) is 0 Å². The van der Waals surface area contributed by atoms with Gasteiger partial charge in [-0.05, 0) is 22.9 Å². The van der Waals surface area contributed by atoms with Crippen molar-refractivity contribution in [1.29, 1.82) is 0 Å². The van der Waals surface area contributed by atoms with E-state index in [9.17, 15) is 8.42 Å². The van der Waals surface area contributed by atoms with Gasteiger partial charge in [-0.2, -0.15) is 18.6 Å². The highest BCUT2D eigenvalue weighted by Gasteiger charge is 2.01. The summed E-state index contributed by atoms with van der Waals surface area (Å²) >= 11 is 0. The molecule has 0 radical (unpaired) electrons. The molecule has 4 aromatic carbocycles. The summed E-state index contributed by atoms with van der Waals surface area (Å²) in [6, 6.07) is 28.4. The Morgan fingerprint density at radius 1 is 0.658 bits per heavy atom. The van der Waals surface area contributed by atoms with Crippen LogP contribution in [0.5, 0.6) is 0 Å². The number of nitrogens with zero attached hydrogens (tertiary/aromatic N) is 2. The number of azo groups is 1. The third-order valence-corrected chi connectivity index (χ3v) is 3.80. The number of hydrogen-bond acceptors (Lipinski definition) is 6. The van der Waals surface area contributed by atoms with Crippen molar-refractivity contribution in [1.82, 2.24) is 0 Å². The maximum atomic E-state index is 9.19. The minimum absolute atomic E-state index is 0. The molecule has 7 nitrogen and oxygen atoms in total. The summed E-state index contributed by atoms with van der Waals surface area (Å²) in [5, 5.41) is 19.5. The molecule has 4 N–H and O–H groups in total. The molecule has 38 heavy (non-hydrogen) atoms. The van der Waals surface area contributed by atoms with Crippen molar-refractivity contribution in [2.45, 2.75) is 49.0 Å². The predicted octanol–water partition coefficient (Wildman–Crippen LogP) is 8.80. The Morgan fingerprint density at radius 3 is 1.32 bits per heavy atom. The largest absolute Gasteiger partial charge is 0.400 e. The number of aliphatic hydroxyl groups excluding tert-OH is 1. The minimum Gasteiger partial charge on any atom is -0.400 e. The van der Waals surface area contributed by atoms with E-state index in [0.717, 1.165) is 29.3 Å². The first-order valence-corrected chi connectivity index (χ1v) is 14.0. The average Bonchev–Trinajstić information content (AvgIpc) is 2.94. The fourth-order valence-corrected chi connectivity index (χ4v) is 2.63. The van der Waals surface area contributed by atoms with Gasteiger partial charge >= 0.3 is 0 Å². The maximum Gasteiger partial charge on any atom is 0.261 e. The highest BCUT2D eigenvalue weighted by atomic mass is 32.2. The molecule has 0 aliphatic heterocycles. The average molecular weight is 548 g/mol. The van der Waals surface area contributed by atoms with Gasteiger partial charge in [-0.15, -0.1) is 0 Å². The number of anilines is 1. The number of nitrogen functional groups attached to an aromatic ring is 1. The van der Waals surface area contributed by atoms with Crippen LogP contribution in [-0.4, -0.2) is 38.5 Å². The van der Waals surface area contributed by atoms with Crippen molar-refractivity contribution in [3.63, 3.8) is 0 Å². The molecule has 4 rings (SSSR count). The highest BCUT2D eigenvalue weighted by molar-refractivity contribution is 7.85. The van der Waals surface area contributed by atoms with Crippen LogP contribution < -0.4 is 5.73 Å². The van der Waals surface area contributed by atoms with Crippen LogP contribution in [0.2, 0.25) is 0 Å². The molecule has 0 spiro atoms. The lowest BCUT2D eigenvalue weighted by atomic mass is 10.1. The quantitative estimate of drug-likeness (QED) is 0.125. The summed E-state index contributed by atoms with van der Waals surface area (Å²) in [4.78, 5) is 0. The monoisotopic (exact) mass is 547 g/mol. The third-order valence-electron chi connectivity index (χ3n) is 3.80. The molecular weight excluding hydrogens is 498 g/mol. The van der Waals surface area contributed by atoms with E-state index < -0.39 is 10.1 Å². The summed E-state index contributed by atoms with van der Waals surface area (Å²) in [6.45, 7) is 12.0. The number of benzene rings is 4. The standard InChI is InChI=1S/C11H11N3.C10H8.3C2H6.CH4O3S.CH4O.CH4/c1-13-14-11-7-6-10(12)8-4-2-3-5-9(8)11;1-2-6-10-8-4-3-7-9(10)5-1;3*1-2;1-5(2,3)4;1-2;/h2-7H,12H2,1H3;1-8H;3*1-2H3;1H3,(H,2,3,4);2H,1H3;1H4. The summed E-state index contributed by atoms with van der Waals surface area (Å²) < 4.78 is 25.9. The van der Waals surface area contributed by atoms with E-state index in [1.54, 1.807) is 7.05 Å². The van der Waals surface area contributed by atoms with Crippen LogP contribution in [0.4, 0.5) is 11.4 Å². The number of fused-ring (bicyclic) bond motifs is 2. The number of hydrogen-bond donors (Lipinski definition) is 3. The third kappa shape index (κ3) is 18.9. The van der Waals surface area contributed by atoms with Gasteiger partial charge in [0.05, 0.1) is 11.9 Å². The van der Waals surface area contributed by atoms with E-state index >= 15 is 0 Å². The van der Waals surface area contributed by atoms with Crippen LogP contribution >= 0.6 is 0 Å². The lowest BCUT2D eigenvalue weighted by molar-refractivity contribution is 0.399. The fourth-order valence-electron chi connectivity index (χ4n) is 2.63. The zero-order valence-corrected chi connectivity index (χ0v) is 24.5. The molecule has 0 aliphatic carbocycles. The van der Waals surface area contributed by atoms with E-state index in [1.165, 1.54) is 10.8 Å². The minimum atomic E-state index is -3.67. The molecule has 0 aromatic heterocycles. The van der Waals surface area contributed by atoms with Gasteiger partial charge in [0.15, 0.2) is 0 Å². The lowest BCUT2D eigenvalue weighted by Gasteiger charge is -2.03. The first kappa shape index (κ1) is 41.8. The van der Waals surface area contributed by atoms with Crippen molar-refractivity contribution < 1.29 is 18.1 Å². The molecule has 0 saturated carbocycles. The fraction of sp³-hybridized carbons (Fsp3) is 0.333. The van der Waals surface area contributed by atoms with Crippen LogP contribution in [-0.2, 0) is 10.1 Å². The first-order valence-electron chi connectivity index (χ1n) is 12.2. The van der Waals surface area contributed by atoms with Gasteiger partial charge in [0.25, 0.3) is 10.1 Å². The molecule has 0 atom stereocenters. The molecule has 0 amide bonds. The van der Waals surface area contributed by atoms with Crippen LogP contribution in [0.3, 0.4) is 0 Å². The zero-order valence-electron chi connectivity index (χ0n) is 23.7. The van der Waals surface area contributed by atoms with E-state index in [2.05, 4.69) is 58.8 Å².